The van der Waals surface area contributed by atoms with E-state index in [1.807, 2.05) is 0 Å². The van der Waals surface area contributed by atoms with Gasteiger partial charge in [-0.2, -0.15) is 0 Å². The van der Waals surface area contributed by atoms with Crippen LogP contribution in [0.4, 0.5) is 0 Å². The molecular weight excluding hydrogens is 1490 g/mol. The van der Waals surface area contributed by atoms with Gasteiger partial charge in [-0.05, 0) is 0 Å². The highest BCUT2D eigenvalue weighted by Gasteiger charge is 0.0454. The van der Waals surface area contributed by atoms with Gasteiger partial charge < -0.3 is 0 Å². The van der Waals surface area contributed by atoms with Gasteiger partial charge in [0.15, 0.2) is 0 Å². The van der Waals surface area contributed by atoms with Crippen LogP contribution < -0.4 is 0 Å². The van der Waals surface area contributed by atoms with Crippen LogP contribution >= 0.6 is 0 Å². The molecule has 0 aliphatic carbocycles. The number of rotatable bonds is 0. The van der Waals surface area contributed by atoms with E-state index in [2.05, 4.69) is 0 Å². The van der Waals surface area contributed by atoms with Gasteiger partial charge in [0.2, 0.25) is 0 Å². The van der Waals surface area contributed by atoms with Gasteiger partial charge in [-0.1, -0.05) is 921 Å². The predicted octanol–water partition coefficient (Wildman–Crippen LogP) is 78.9. The van der Waals surface area contributed by atoms with Crippen LogP contribution in [0.1, 0.15) is 921 Å². The van der Waals surface area contributed by atoms with E-state index in [9.17, 15) is 0 Å². The molecule has 0 spiro atoms. The van der Waals surface area contributed by atoms with Gasteiger partial charge in [0.25, 0.3) is 0 Å². The molecule has 0 amide bonds. The van der Waals surface area contributed by atoms with Crippen LogP contribution in [0.25, 0.3) is 0 Å². The van der Waals surface area contributed by atoms with E-state index >= 15 is 0 Å². The first kappa shape index (κ1) is 0. The molecule has 0 heteroatoms. The molecule has 0 rings (SSSR count). The molecule has 0 bridgehead atoms. The molecule has 0 N–H and O–H groups in total. The van der Waals surface area contributed by atoms with Crippen LogP contribution in [0.15, 0.2) is 0 Å². The molecule has 124 heavy (non-hydrogen) atoms. The summed E-state index contributed by atoms with van der Waals surface area (Å²) in [4.78, 5) is 0. The summed E-state index contributed by atoms with van der Waals surface area (Å²) in [5.41, 5.74) is 0. The van der Waals surface area contributed by atoms with Crippen molar-refractivity contribution >= 4 is 0 Å². The van der Waals surface area contributed by atoms with Crippen molar-refractivity contribution in [2.24, 2.45) is 0 Å². The summed E-state index contributed by atoms with van der Waals surface area (Å²) in [5, 5.41) is 0. The second-order valence-corrected chi connectivity index (χ2v) is 0. The molecule has 0 saturated heterocycles. The van der Waals surface area contributed by atoms with Crippen molar-refractivity contribution in [3.8, 4) is 0 Å². The van der Waals surface area contributed by atoms with Crippen molar-refractivity contribution in [3.05, 3.63) is 0 Å². The fourth-order valence-electron chi connectivity index (χ4n) is 0. The third kappa shape index (κ3) is 0. The van der Waals surface area contributed by atoms with Crippen molar-refractivity contribution in [3.63, 3.8) is 0 Å². The lowest BCUT2D eigenvalue weighted by Gasteiger charge is -0.0786. The van der Waals surface area contributed by atoms with Crippen LogP contribution in [-0.4, -0.2) is 0 Å². The summed E-state index contributed by atoms with van der Waals surface area (Å²) in [5.74, 6) is 0. The molecular formula is C124H496. The molecule has 0 aliphatic heterocycles. The SMILES string of the molecule is C.C.C.C.C.C.C.C.C.C.C.C.C.C.C.C.C.C.C.C.C.C.C.C.C.C.C.C.C.C.C.C.C.C.C.C.C.C.C.C.C.C.C.C.C.C.C.C.C.C.C.C.C.C.C.C.C.C.C.C.C.C.C.C.C.C.C.C.C.C.C.C.C.C.C.C.C.C.C.C.C.C.C.C.C.C.C.C.C.C.C.C.C.C.C.C.C.C.C.C.C.C.C.C.C.C.C.C.C.C.C.C.C.C.C.C.C.C.C.C.C.C.C.C. The lowest BCUT2D eigenvalue weighted by molar-refractivity contribution is 2.50. The summed E-state index contributed by atoms with van der Waals surface area (Å²) in [6.45, 7) is 0. The molecule has 0 atom stereocenters. The summed E-state index contributed by atoms with van der Waals surface area (Å²) in [7, 11) is 0. The Morgan fingerprint density at radius 3 is 0.00806 bits per heavy atom. The van der Waals surface area contributed by atoms with E-state index in [0.29, 0.717) is 0 Å². The lowest BCUT2D eigenvalue weighted by atomic mass is 12.0. The zero-order valence-electron chi connectivity index (χ0n) is 0. The van der Waals surface area contributed by atoms with E-state index in [0.717, 1.165) is 0 Å². The Morgan fingerprint density at radius 1 is 0.00806 bits per heavy atom. The molecule has 0 aromatic rings. The molecule has 0 unspecified atom stereocenters. The van der Waals surface area contributed by atoms with Crippen molar-refractivity contribution in [2.45, 2.75) is 921 Å². The maximum Gasteiger partial charge on any atom is -0.0776 e. The van der Waals surface area contributed by atoms with Gasteiger partial charge in [-0.3, -0.25) is 0 Å². The van der Waals surface area contributed by atoms with Gasteiger partial charge in [0.1, 0.15) is 0 Å². The molecule has 0 fully saturated rings. The molecule has 992 valence electrons. The van der Waals surface area contributed by atoms with E-state index in [4.69, 9.17) is 0 Å². The Labute approximate surface area is 915 Å². The zero-order chi connectivity index (χ0) is 0. The summed E-state index contributed by atoms with van der Waals surface area (Å²) >= 11 is 0. The highest BCUT2D eigenvalue weighted by Crippen LogP contribution is 0.267. The Morgan fingerprint density at radius 2 is 0.00806 bits per heavy atom. The second-order valence-electron chi connectivity index (χ2n) is 0. The molecule has 0 aliphatic rings. The third-order valence-corrected chi connectivity index (χ3v) is 0. The zero-order valence-corrected chi connectivity index (χ0v) is 0. The molecule has 0 nitrogen and oxygen atoms in total. The largest absolute Gasteiger partial charge is 0.0776 e. The molecule has 0 radical (unpaired) electrons. The summed E-state index contributed by atoms with van der Waals surface area (Å²) in [6, 6.07) is 0. The Bertz CT molecular complexity index is 0. The van der Waals surface area contributed by atoms with Gasteiger partial charge in [0, 0.05) is 0 Å². The van der Waals surface area contributed by atoms with Gasteiger partial charge in [0.05, 0.1) is 0 Å². The monoisotopic (exact) mass is 1990 g/mol. The van der Waals surface area contributed by atoms with E-state index < -0.39 is 0 Å². The Kier molecular flexibility index (Phi) is 0. The van der Waals surface area contributed by atoms with Gasteiger partial charge >= 0.3 is 0 Å². The fraction of sp³-hybridized carbons (Fsp3) is 1.00. The van der Waals surface area contributed by atoms with Crippen molar-refractivity contribution in [2.75, 3.05) is 0 Å². The average molecular weight is 1990 g/mol. The first-order valence-corrected chi connectivity index (χ1v) is 0. The van der Waals surface area contributed by atoms with Crippen LogP contribution in [0.5, 0.6) is 0 Å². The number of hydrogen-bond acceptors (Lipinski definition) is 0. The second kappa shape index (κ2) is 0. The minimum atomic E-state index is 0. The average Bonchev–Trinajstić information content (AvgIpc) is 0. The smallest absolute Gasteiger partial charge is 0.0776 e. The topological polar surface area (TPSA) is 0 Å². The predicted molar refractivity (Wildman–Crippen MR) is 835 cm³/mol. The summed E-state index contributed by atoms with van der Waals surface area (Å²) < 4.78 is 0. The van der Waals surface area contributed by atoms with Crippen molar-refractivity contribution < 1.29 is 0 Å². The minimum Gasteiger partial charge on any atom is -0.0776 e. The molecule has 0 saturated carbocycles. The number of hydrogen-bond donors (Lipinski definition) is 0. The van der Waals surface area contributed by atoms with Crippen LogP contribution in [0.2, 0.25) is 0 Å². The van der Waals surface area contributed by atoms with Crippen LogP contribution in [0, 0.1) is 0 Å². The van der Waals surface area contributed by atoms with E-state index in [1.54, 1.807) is 0 Å². The Hall–Kier alpha value is 0. The van der Waals surface area contributed by atoms with Crippen molar-refractivity contribution in [1.29, 1.82) is 0 Å². The molecule has 0 heterocycles. The quantitative estimate of drug-likeness (QED) is 0.227. The molecule has 0 aromatic heterocycles. The standard InChI is InChI=1S/124CH4/h124*1H4. The van der Waals surface area contributed by atoms with E-state index in [-0.39, 0.29) is 921 Å². The van der Waals surface area contributed by atoms with Crippen molar-refractivity contribution in [1.82, 2.24) is 0 Å². The highest BCUT2D eigenvalue weighted by atomic mass is 12.1. The summed E-state index contributed by atoms with van der Waals surface area (Å²) in [6.07, 6.45) is 0. The van der Waals surface area contributed by atoms with Gasteiger partial charge in [-0.25, -0.2) is 0 Å². The highest BCUT2D eigenvalue weighted by molar-refractivity contribution is 2.63. The molecule has 0 aromatic carbocycles. The maximum atomic E-state index is 0. The normalized spacial score (nSPS) is 0. The lowest BCUT2D eigenvalue weighted by Crippen LogP contribution is 0.143. The first-order valence-electron chi connectivity index (χ1n) is 0. The van der Waals surface area contributed by atoms with E-state index in [1.165, 1.54) is 0 Å². The fourth-order valence-corrected chi connectivity index (χ4v) is 0. The maximum absolute atomic E-state index is 0. The third-order valence-electron chi connectivity index (χ3n) is 0. The first-order chi connectivity index (χ1) is 0. The Balaban J connectivity index is 0. The van der Waals surface area contributed by atoms with Gasteiger partial charge in [-0.15, -0.1) is 0 Å². The minimum absolute atomic E-state index is 0. The van der Waals surface area contributed by atoms with Crippen LogP contribution in [-0.2, 0) is 0 Å². The van der Waals surface area contributed by atoms with Crippen LogP contribution in [0.3, 0.4) is 0 Å².